The Morgan fingerprint density at radius 2 is 1.70 bits per heavy atom. The van der Waals surface area contributed by atoms with E-state index < -0.39 is 10.1 Å². The first kappa shape index (κ1) is 21.8. The molecule has 2 aliphatic heterocycles. The van der Waals surface area contributed by atoms with E-state index in [1.54, 1.807) is 31.4 Å². The lowest BCUT2D eigenvalue weighted by Gasteiger charge is -2.45. The van der Waals surface area contributed by atoms with Crippen LogP contribution in [-0.2, 0) is 23.1 Å². The second kappa shape index (κ2) is 8.39. The summed E-state index contributed by atoms with van der Waals surface area (Å²) in [6.45, 7) is 3.65. The Balaban J connectivity index is 1.58. The average molecular weight is 466 g/mol. The Hall–Kier alpha value is -3.03. The lowest BCUT2D eigenvalue weighted by atomic mass is 9.77. The third-order valence-corrected chi connectivity index (χ3v) is 8.00. The van der Waals surface area contributed by atoms with Crippen LogP contribution in [0.15, 0.2) is 65.6 Å². The minimum absolute atomic E-state index is 0.118. The zero-order valence-corrected chi connectivity index (χ0v) is 19.8. The minimum Gasteiger partial charge on any atom is -0.497 e. The molecule has 7 heteroatoms. The van der Waals surface area contributed by atoms with Gasteiger partial charge in [-0.25, -0.2) is 0 Å². The topological polar surface area (TPSA) is 65.1 Å². The molecule has 2 heterocycles. The van der Waals surface area contributed by atoms with E-state index >= 15 is 0 Å². The lowest BCUT2D eigenvalue weighted by Crippen LogP contribution is -2.41. The molecule has 3 aromatic rings. The maximum Gasteiger partial charge on any atom is 0.339 e. The zero-order chi connectivity index (χ0) is 23.2. The number of hydrogen-bond acceptors (Lipinski definition) is 6. The van der Waals surface area contributed by atoms with Crippen molar-refractivity contribution in [3.8, 4) is 17.2 Å². The molecule has 2 atom stereocenters. The maximum absolute atomic E-state index is 13.0. The fourth-order valence-corrected chi connectivity index (χ4v) is 6.15. The normalized spacial score (nSPS) is 19.7. The smallest absolute Gasteiger partial charge is 0.339 e. The second-order valence-electron chi connectivity index (χ2n) is 8.53. The number of benzene rings is 3. The molecule has 2 unspecified atom stereocenters. The first-order valence-corrected chi connectivity index (χ1v) is 12.4. The van der Waals surface area contributed by atoms with Crippen LogP contribution in [0.25, 0.3) is 0 Å². The Kier molecular flexibility index (Phi) is 5.54. The molecule has 0 spiro atoms. The molecule has 2 aliphatic rings. The van der Waals surface area contributed by atoms with Gasteiger partial charge in [0.05, 0.1) is 14.2 Å². The molecule has 0 saturated carbocycles. The van der Waals surface area contributed by atoms with Crippen LogP contribution in [0.2, 0.25) is 0 Å². The summed E-state index contributed by atoms with van der Waals surface area (Å²) in [6.07, 6.45) is 0.910. The fraction of sp³-hybridized carbons (Fsp3) is 0.308. The summed E-state index contributed by atoms with van der Waals surface area (Å²) in [4.78, 5) is 2.52. The fourth-order valence-electron chi connectivity index (χ4n) is 5.16. The van der Waals surface area contributed by atoms with Crippen molar-refractivity contribution < 1.29 is 22.1 Å². The van der Waals surface area contributed by atoms with Crippen LogP contribution in [-0.4, -0.2) is 34.1 Å². The molecule has 0 saturated heterocycles. The highest BCUT2D eigenvalue weighted by Crippen LogP contribution is 2.50. The monoisotopic (exact) mass is 465 g/mol. The van der Waals surface area contributed by atoms with Crippen molar-refractivity contribution in [3.05, 3.63) is 82.9 Å². The van der Waals surface area contributed by atoms with Crippen LogP contribution in [0.4, 0.5) is 0 Å². The van der Waals surface area contributed by atoms with Gasteiger partial charge in [-0.05, 0) is 53.4 Å². The molecular weight excluding hydrogens is 438 g/mol. The van der Waals surface area contributed by atoms with E-state index in [4.69, 9.17) is 13.7 Å². The van der Waals surface area contributed by atoms with E-state index in [-0.39, 0.29) is 22.6 Å². The van der Waals surface area contributed by atoms with Crippen LogP contribution in [0.1, 0.15) is 41.1 Å². The Morgan fingerprint density at radius 3 is 2.42 bits per heavy atom. The van der Waals surface area contributed by atoms with Gasteiger partial charge in [-0.3, -0.25) is 4.90 Å². The van der Waals surface area contributed by atoms with E-state index in [0.717, 1.165) is 29.8 Å². The molecule has 0 radical (unpaired) electrons. The zero-order valence-electron chi connectivity index (χ0n) is 18.9. The molecule has 33 heavy (non-hydrogen) atoms. The highest BCUT2D eigenvalue weighted by atomic mass is 32.2. The molecule has 0 bridgehead atoms. The Morgan fingerprint density at radius 1 is 0.939 bits per heavy atom. The van der Waals surface area contributed by atoms with Crippen LogP contribution in [0.3, 0.4) is 0 Å². The summed E-state index contributed by atoms with van der Waals surface area (Å²) >= 11 is 0. The standard InChI is InChI=1S/C26H27NO5S/c1-17-21-11-12-24(31-3)26(32-33(28,29)20-7-5-4-6-8-20)23(21)16-27-14-13-18-15-19(30-2)9-10-22(18)25(17)27/h4-12,15,17,25H,13-14,16H2,1-3H3. The molecular formula is C26H27NO5S. The maximum atomic E-state index is 13.0. The summed E-state index contributed by atoms with van der Waals surface area (Å²) in [7, 11) is -0.775. The SMILES string of the molecule is COc1ccc2c(c1)CCN1Cc3c(ccc(OC)c3OS(=O)(=O)c3ccccc3)C(C)C21. The van der Waals surface area contributed by atoms with Gasteiger partial charge >= 0.3 is 10.1 Å². The van der Waals surface area contributed by atoms with E-state index in [9.17, 15) is 8.42 Å². The molecule has 6 nitrogen and oxygen atoms in total. The van der Waals surface area contributed by atoms with Crippen LogP contribution in [0, 0.1) is 0 Å². The minimum atomic E-state index is -3.99. The number of ether oxygens (including phenoxy) is 2. The van der Waals surface area contributed by atoms with Gasteiger partial charge in [-0.15, -0.1) is 0 Å². The summed E-state index contributed by atoms with van der Waals surface area (Å²) in [5.41, 5.74) is 4.56. The highest BCUT2D eigenvalue weighted by Gasteiger charge is 2.39. The van der Waals surface area contributed by atoms with Crippen LogP contribution < -0.4 is 13.7 Å². The predicted octanol–water partition coefficient (Wildman–Crippen LogP) is 4.69. The van der Waals surface area contributed by atoms with Crippen molar-refractivity contribution in [2.75, 3.05) is 20.8 Å². The number of hydrogen-bond donors (Lipinski definition) is 0. The van der Waals surface area contributed by atoms with Gasteiger partial charge in [0.1, 0.15) is 10.6 Å². The van der Waals surface area contributed by atoms with E-state index in [1.165, 1.54) is 30.4 Å². The molecule has 0 aliphatic carbocycles. The highest BCUT2D eigenvalue weighted by molar-refractivity contribution is 7.87. The molecule has 3 aromatic carbocycles. The third-order valence-electron chi connectivity index (χ3n) is 6.76. The van der Waals surface area contributed by atoms with Crippen molar-refractivity contribution in [3.63, 3.8) is 0 Å². The van der Waals surface area contributed by atoms with E-state index in [1.807, 2.05) is 12.1 Å². The first-order chi connectivity index (χ1) is 15.9. The van der Waals surface area contributed by atoms with Crippen molar-refractivity contribution in [1.82, 2.24) is 4.90 Å². The largest absolute Gasteiger partial charge is 0.497 e. The third kappa shape index (κ3) is 3.75. The molecule has 0 aromatic heterocycles. The summed E-state index contributed by atoms with van der Waals surface area (Å²) < 4.78 is 42.8. The first-order valence-electron chi connectivity index (χ1n) is 11.0. The Bertz CT molecular complexity index is 1290. The number of fused-ring (bicyclic) bond motifs is 4. The molecule has 5 rings (SSSR count). The molecule has 172 valence electrons. The Labute approximate surface area is 194 Å². The summed E-state index contributed by atoms with van der Waals surface area (Å²) in [5, 5.41) is 0. The summed E-state index contributed by atoms with van der Waals surface area (Å²) in [5.74, 6) is 1.72. The molecule has 0 N–H and O–H groups in total. The van der Waals surface area contributed by atoms with Crippen molar-refractivity contribution in [2.45, 2.75) is 36.7 Å². The van der Waals surface area contributed by atoms with Gasteiger partial charge in [0.25, 0.3) is 0 Å². The van der Waals surface area contributed by atoms with Gasteiger partial charge in [0, 0.05) is 30.6 Å². The van der Waals surface area contributed by atoms with Gasteiger partial charge in [-0.1, -0.05) is 37.3 Å². The molecule has 0 amide bonds. The van der Waals surface area contributed by atoms with Gasteiger partial charge in [-0.2, -0.15) is 8.42 Å². The van der Waals surface area contributed by atoms with E-state index in [0.29, 0.717) is 12.3 Å². The predicted molar refractivity (Wildman–Crippen MR) is 126 cm³/mol. The number of nitrogens with zero attached hydrogens (tertiary/aromatic N) is 1. The molecule has 0 fully saturated rings. The van der Waals surface area contributed by atoms with Gasteiger partial charge < -0.3 is 13.7 Å². The van der Waals surface area contributed by atoms with Crippen LogP contribution >= 0.6 is 0 Å². The number of methoxy groups -OCH3 is 2. The number of rotatable bonds is 5. The van der Waals surface area contributed by atoms with Gasteiger partial charge in [0.15, 0.2) is 11.5 Å². The lowest BCUT2D eigenvalue weighted by molar-refractivity contribution is 0.137. The van der Waals surface area contributed by atoms with E-state index in [2.05, 4.69) is 24.0 Å². The van der Waals surface area contributed by atoms with Gasteiger partial charge in [0.2, 0.25) is 0 Å². The average Bonchev–Trinajstić information content (AvgIpc) is 2.84. The van der Waals surface area contributed by atoms with Crippen LogP contribution in [0.5, 0.6) is 17.2 Å². The van der Waals surface area contributed by atoms with Crippen molar-refractivity contribution in [1.29, 1.82) is 0 Å². The second-order valence-corrected chi connectivity index (χ2v) is 10.1. The van der Waals surface area contributed by atoms with Crippen molar-refractivity contribution >= 4 is 10.1 Å². The quantitative estimate of drug-likeness (QED) is 0.510. The van der Waals surface area contributed by atoms with Crippen molar-refractivity contribution in [2.24, 2.45) is 0 Å². The summed E-state index contributed by atoms with van der Waals surface area (Å²) in [6, 6.07) is 18.6.